The number of hydrogen-bond acceptors (Lipinski definition) is 6. The van der Waals surface area contributed by atoms with Gasteiger partial charge in [0.05, 0.1) is 6.61 Å². The number of carbonyl (C=O) groups is 1. The number of aromatic nitrogens is 2. The third-order valence-electron chi connectivity index (χ3n) is 2.57. The van der Waals surface area contributed by atoms with Gasteiger partial charge in [0, 0.05) is 13.0 Å². The Balaban J connectivity index is 1.78. The van der Waals surface area contributed by atoms with E-state index in [0.717, 1.165) is 5.01 Å². The summed E-state index contributed by atoms with van der Waals surface area (Å²) >= 11 is 1.27. The molecule has 0 spiro atoms. The fourth-order valence-corrected chi connectivity index (χ4v) is 2.31. The number of hydrogen-bond donors (Lipinski definition) is 1. The van der Waals surface area contributed by atoms with Gasteiger partial charge in [-0.3, -0.25) is 10.1 Å². The number of halogens is 1. The number of rotatable bonds is 8. The lowest BCUT2D eigenvalue weighted by Gasteiger charge is -2.05. The molecule has 6 nitrogen and oxygen atoms in total. The highest BCUT2D eigenvalue weighted by atomic mass is 32.1. The molecule has 1 aromatic heterocycles. The van der Waals surface area contributed by atoms with Gasteiger partial charge in [-0.05, 0) is 19.1 Å². The molecule has 2 rings (SSSR count). The summed E-state index contributed by atoms with van der Waals surface area (Å²) in [6.45, 7) is 2.83. The Morgan fingerprint density at radius 2 is 2.18 bits per heavy atom. The van der Waals surface area contributed by atoms with E-state index >= 15 is 0 Å². The number of benzene rings is 1. The summed E-state index contributed by atoms with van der Waals surface area (Å²) in [5.41, 5.74) is 0. The summed E-state index contributed by atoms with van der Waals surface area (Å²) in [6.07, 6.45) is 0.646. The van der Waals surface area contributed by atoms with Crippen molar-refractivity contribution in [3.8, 4) is 5.75 Å². The number of nitrogens with one attached hydrogen (secondary N) is 1. The summed E-state index contributed by atoms with van der Waals surface area (Å²) in [5, 5.41) is 11.5. The Hall–Kier alpha value is -2.06. The average molecular weight is 325 g/mol. The van der Waals surface area contributed by atoms with Crippen molar-refractivity contribution in [2.75, 3.05) is 25.1 Å². The summed E-state index contributed by atoms with van der Waals surface area (Å²) in [7, 11) is 0. The second-order valence-corrected chi connectivity index (χ2v) is 5.28. The van der Waals surface area contributed by atoms with Crippen molar-refractivity contribution in [1.29, 1.82) is 0 Å². The van der Waals surface area contributed by atoms with Crippen LogP contribution in [0, 0.1) is 5.82 Å². The molecule has 118 valence electrons. The molecule has 0 fully saturated rings. The van der Waals surface area contributed by atoms with Gasteiger partial charge in [-0.2, -0.15) is 0 Å². The van der Waals surface area contributed by atoms with Gasteiger partial charge in [-0.15, -0.1) is 10.2 Å². The van der Waals surface area contributed by atoms with Crippen molar-refractivity contribution in [1.82, 2.24) is 10.2 Å². The molecule has 1 aromatic carbocycles. The fourth-order valence-electron chi connectivity index (χ4n) is 1.57. The number of ether oxygens (including phenoxy) is 2. The standard InChI is InChI=1S/C14H16FN3O3S/c1-2-20-8-7-13-17-18-14(22-13)16-12(19)9-21-11-6-4-3-5-10(11)15/h3-6H,2,7-9H2,1H3,(H,16,18,19). The number of nitrogens with zero attached hydrogens (tertiary/aromatic N) is 2. The molecular weight excluding hydrogens is 309 g/mol. The van der Waals surface area contributed by atoms with Crippen LogP contribution in [0.15, 0.2) is 24.3 Å². The van der Waals surface area contributed by atoms with Crippen LogP contribution in [0.2, 0.25) is 0 Å². The molecule has 0 radical (unpaired) electrons. The molecule has 1 amide bonds. The van der Waals surface area contributed by atoms with E-state index in [4.69, 9.17) is 9.47 Å². The summed E-state index contributed by atoms with van der Waals surface area (Å²) in [5.74, 6) is -0.896. The van der Waals surface area contributed by atoms with Gasteiger partial charge >= 0.3 is 0 Å². The van der Waals surface area contributed by atoms with Gasteiger partial charge < -0.3 is 9.47 Å². The second kappa shape index (κ2) is 8.40. The minimum absolute atomic E-state index is 0.0346. The molecule has 0 bridgehead atoms. The Labute approximate surface area is 131 Å². The molecule has 0 aliphatic rings. The molecule has 0 atom stereocenters. The highest BCUT2D eigenvalue weighted by molar-refractivity contribution is 7.15. The summed E-state index contributed by atoms with van der Waals surface area (Å²) < 4.78 is 23.7. The SMILES string of the molecule is CCOCCc1nnc(NC(=O)COc2ccccc2F)s1. The zero-order chi connectivity index (χ0) is 15.8. The van der Waals surface area contributed by atoms with Gasteiger partial charge in [0.1, 0.15) is 5.01 Å². The molecular formula is C14H16FN3O3S. The van der Waals surface area contributed by atoms with E-state index in [-0.39, 0.29) is 12.4 Å². The lowest BCUT2D eigenvalue weighted by atomic mass is 10.3. The van der Waals surface area contributed by atoms with E-state index in [1.165, 1.54) is 23.5 Å². The monoisotopic (exact) mass is 325 g/mol. The quantitative estimate of drug-likeness (QED) is 0.754. The minimum atomic E-state index is -0.510. The van der Waals surface area contributed by atoms with Crippen LogP contribution in [0.3, 0.4) is 0 Å². The van der Waals surface area contributed by atoms with Gasteiger partial charge in [-0.1, -0.05) is 23.5 Å². The normalized spacial score (nSPS) is 10.5. The van der Waals surface area contributed by atoms with Crippen molar-refractivity contribution in [3.05, 3.63) is 35.1 Å². The Morgan fingerprint density at radius 3 is 2.95 bits per heavy atom. The smallest absolute Gasteiger partial charge is 0.264 e. The largest absolute Gasteiger partial charge is 0.481 e. The van der Waals surface area contributed by atoms with E-state index in [1.54, 1.807) is 12.1 Å². The summed E-state index contributed by atoms with van der Waals surface area (Å²) in [6, 6.07) is 5.90. The Kier molecular flexibility index (Phi) is 6.23. The first kappa shape index (κ1) is 16.3. The van der Waals surface area contributed by atoms with Crippen molar-refractivity contribution in [2.24, 2.45) is 0 Å². The van der Waals surface area contributed by atoms with Crippen LogP contribution in [0.1, 0.15) is 11.9 Å². The molecule has 0 saturated carbocycles. The topological polar surface area (TPSA) is 73.3 Å². The van der Waals surface area contributed by atoms with Crippen molar-refractivity contribution in [2.45, 2.75) is 13.3 Å². The van der Waals surface area contributed by atoms with Crippen LogP contribution in [0.4, 0.5) is 9.52 Å². The highest BCUT2D eigenvalue weighted by Crippen LogP contribution is 2.17. The van der Waals surface area contributed by atoms with Gasteiger partial charge in [0.2, 0.25) is 5.13 Å². The lowest BCUT2D eigenvalue weighted by molar-refractivity contribution is -0.118. The predicted octanol–water partition coefficient (Wildman–Crippen LogP) is 2.27. The van der Waals surface area contributed by atoms with Crippen LogP contribution in [0.25, 0.3) is 0 Å². The number of para-hydroxylation sites is 1. The fraction of sp³-hybridized carbons (Fsp3) is 0.357. The van der Waals surface area contributed by atoms with E-state index in [0.29, 0.717) is 24.8 Å². The van der Waals surface area contributed by atoms with Crippen molar-refractivity contribution in [3.63, 3.8) is 0 Å². The third-order valence-corrected chi connectivity index (χ3v) is 3.47. The molecule has 0 unspecified atom stereocenters. The minimum Gasteiger partial charge on any atom is -0.481 e. The molecule has 8 heteroatoms. The maximum Gasteiger partial charge on any atom is 0.264 e. The zero-order valence-electron chi connectivity index (χ0n) is 12.0. The van der Waals surface area contributed by atoms with Crippen molar-refractivity contribution >= 4 is 22.4 Å². The lowest BCUT2D eigenvalue weighted by Crippen LogP contribution is -2.20. The number of amides is 1. The predicted molar refractivity (Wildman–Crippen MR) is 80.6 cm³/mol. The number of carbonyl (C=O) groups excluding carboxylic acids is 1. The molecule has 1 N–H and O–H groups in total. The number of anilines is 1. The zero-order valence-corrected chi connectivity index (χ0v) is 12.9. The average Bonchev–Trinajstić information content (AvgIpc) is 2.94. The first-order valence-electron chi connectivity index (χ1n) is 6.76. The molecule has 0 saturated heterocycles. The van der Waals surface area contributed by atoms with Crippen LogP contribution in [0.5, 0.6) is 5.75 Å². The van der Waals surface area contributed by atoms with Crippen LogP contribution in [-0.4, -0.2) is 35.9 Å². The van der Waals surface area contributed by atoms with Crippen molar-refractivity contribution < 1.29 is 18.7 Å². The van der Waals surface area contributed by atoms with E-state index in [9.17, 15) is 9.18 Å². The molecule has 0 aliphatic carbocycles. The molecule has 22 heavy (non-hydrogen) atoms. The van der Waals surface area contributed by atoms with Crippen LogP contribution in [-0.2, 0) is 16.0 Å². The molecule has 2 aromatic rings. The van der Waals surface area contributed by atoms with E-state index in [1.807, 2.05) is 6.92 Å². The van der Waals surface area contributed by atoms with Gasteiger partial charge in [-0.25, -0.2) is 4.39 Å². The van der Waals surface area contributed by atoms with E-state index < -0.39 is 11.7 Å². The van der Waals surface area contributed by atoms with E-state index in [2.05, 4.69) is 15.5 Å². The Morgan fingerprint density at radius 1 is 1.36 bits per heavy atom. The first-order chi connectivity index (χ1) is 10.7. The highest BCUT2D eigenvalue weighted by Gasteiger charge is 2.10. The van der Waals surface area contributed by atoms with Crippen LogP contribution >= 0.6 is 11.3 Å². The van der Waals surface area contributed by atoms with Crippen LogP contribution < -0.4 is 10.1 Å². The molecule has 1 heterocycles. The second-order valence-electron chi connectivity index (χ2n) is 4.22. The first-order valence-corrected chi connectivity index (χ1v) is 7.58. The van der Waals surface area contributed by atoms with Gasteiger partial charge in [0.15, 0.2) is 18.2 Å². The summed E-state index contributed by atoms with van der Waals surface area (Å²) in [4.78, 5) is 11.7. The maximum absolute atomic E-state index is 13.3. The van der Waals surface area contributed by atoms with Gasteiger partial charge in [0.25, 0.3) is 5.91 Å². The molecule has 0 aliphatic heterocycles. The Bertz CT molecular complexity index is 621. The third kappa shape index (κ3) is 5.05. The maximum atomic E-state index is 13.3.